The third kappa shape index (κ3) is 5.96. The average Bonchev–Trinajstić information content (AvgIpc) is 1.86. The fourth-order valence-corrected chi connectivity index (χ4v) is 0.797. The van der Waals surface area contributed by atoms with Gasteiger partial charge in [0.05, 0.1) is 0 Å². The summed E-state index contributed by atoms with van der Waals surface area (Å²) >= 11 is -2.00. The number of hydrogen-bond donors (Lipinski definition) is 3. The molecule has 0 fully saturated rings. The molecule has 66 valence electrons. The lowest BCUT2D eigenvalue weighted by molar-refractivity contribution is -0.121. The van der Waals surface area contributed by atoms with Crippen LogP contribution in [0.3, 0.4) is 0 Å². The Labute approximate surface area is 67.8 Å². The van der Waals surface area contributed by atoms with Crippen molar-refractivity contribution in [1.29, 1.82) is 0 Å². The molecule has 0 aromatic carbocycles. The minimum Gasteiger partial charge on any atom is -0.369 e. The molecule has 0 aliphatic rings. The minimum absolute atomic E-state index is 0.258. The van der Waals surface area contributed by atoms with Crippen LogP contribution in [0.25, 0.3) is 0 Å². The van der Waals surface area contributed by atoms with Gasteiger partial charge in [-0.15, -0.1) is 0 Å². The normalized spacial score (nSPS) is 15.8. The standard InChI is InChI=1S/C5H12N2O3S/c1-4(5(6)8)2-3-7-11(9)10/h4,7H,2-3H2,1H3,(H2,6,8)(H,9,10). The first-order valence-electron chi connectivity index (χ1n) is 3.17. The van der Waals surface area contributed by atoms with Crippen molar-refractivity contribution in [2.45, 2.75) is 13.3 Å². The summed E-state index contributed by atoms with van der Waals surface area (Å²) in [4.78, 5) is 10.4. The molecule has 0 radical (unpaired) electrons. The topological polar surface area (TPSA) is 92.4 Å². The monoisotopic (exact) mass is 180 g/mol. The molecule has 1 amide bonds. The van der Waals surface area contributed by atoms with Crippen LogP contribution in [0, 0.1) is 5.92 Å². The van der Waals surface area contributed by atoms with Crippen molar-refractivity contribution in [3.63, 3.8) is 0 Å². The quantitative estimate of drug-likeness (QED) is 0.485. The molecule has 4 N–H and O–H groups in total. The van der Waals surface area contributed by atoms with Gasteiger partial charge in [-0.1, -0.05) is 6.92 Å². The predicted octanol–water partition coefficient (Wildman–Crippen LogP) is -0.776. The zero-order valence-corrected chi connectivity index (χ0v) is 7.06. The summed E-state index contributed by atoms with van der Waals surface area (Å²) in [6.07, 6.45) is 0.474. The van der Waals surface area contributed by atoms with Crippen LogP contribution in [0.4, 0.5) is 0 Å². The number of carbonyl (C=O) groups excluding carboxylic acids is 1. The van der Waals surface area contributed by atoms with Crippen LogP contribution in [0.15, 0.2) is 0 Å². The molecule has 0 bridgehead atoms. The second-order valence-electron chi connectivity index (χ2n) is 2.24. The first kappa shape index (κ1) is 10.5. The highest BCUT2D eigenvalue weighted by Crippen LogP contribution is 1.97. The van der Waals surface area contributed by atoms with Gasteiger partial charge in [-0.2, -0.15) is 0 Å². The summed E-state index contributed by atoms with van der Waals surface area (Å²) in [5, 5.41) is 0. The second-order valence-corrected chi connectivity index (χ2v) is 3.02. The van der Waals surface area contributed by atoms with Gasteiger partial charge in [-0.05, 0) is 6.42 Å². The van der Waals surface area contributed by atoms with Crippen LogP contribution in [0.1, 0.15) is 13.3 Å². The molecule has 0 aromatic rings. The number of primary amides is 1. The summed E-state index contributed by atoms with van der Waals surface area (Å²) in [5.74, 6) is -0.651. The molecule has 0 rings (SSSR count). The van der Waals surface area contributed by atoms with E-state index >= 15 is 0 Å². The Balaban J connectivity index is 3.39. The van der Waals surface area contributed by atoms with E-state index in [1.165, 1.54) is 0 Å². The van der Waals surface area contributed by atoms with E-state index in [0.29, 0.717) is 13.0 Å². The van der Waals surface area contributed by atoms with E-state index in [4.69, 9.17) is 10.3 Å². The van der Waals surface area contributed by atoms with Crippen LogP contribution >= 0.6 is 0 Å². The number of amides is 1. The molecule has 11 heavy (non-hydrogen) atoms. The zero-order valence-electron chi connectivity index (χ0n) is 6.24. The van der Waals surface area contributed by atoms with Crippen molar-refractivity contribution in [3.8, 4) is 0 Å². The molecular formula is C5H12N2O3S. The maximum Gasteiger partial charge on any atom is 0.231 e. The van der Waals surface area contributed by atoms with Crippen LogP contribution in [0.2, 0.25) is 0 Å². The van der Waals surface area contributed by atoms with Crippen molar-refractivity contribution in [2.75, 3.05) is 6.54 Å². The molecule has 6 heteroatoms. The minimum atomic E-state index is -2.00. The van der Waals surface area contributed by atoms with Crippen molar-refractivity contribution in [1.82, 2.24) is 4.72 Å². The molecule has 0 aliphatic carbocycles. The number of nitrogens with one attached hydrogen (secondary N) is 1. The van der Waals surface area contributed by atoms with E-state index in [1.807, 2.05) is 0 Å². The van der Waals surface area contributed by atoms with Gasteiger partial charge in [-0.3, -0.25) is 9.35 Å². The molecule has 2 unspecified atom stereocenters. The molecule has 0 spiro atoms. The highest BCUT2D eigenvalue weighted by Gasteiger charge is 2.07. The first-order chi connectivity index (χ1) is 5.04. The predicted molar refractivity (Wildman–Crippen MR) is 41.7 cm³/mol. The van der Waals surface area contributed by atoms with E-state index < -0.39 is 17.2 Å². The summed E-state index contributed by atoms with van der Waals surface area (Å²) in [5.41, 5.74) is 4.95. The van der Waals surface area contributed by atoms with Gasteiger partial charge in [0.15, 0.2) is 0 Å². The fraction of sp³-hybridized carbons (Fsp3) is 0.800. The van der Waals surface area contributed by atoms with Crippen molar-refractivity contribution < 1.29 is 13.6 Å². The number of rotatable bonds is 5. The maximum absolute atomic E-state index is 10.4. The van der Waals surface area contributed by atoms with E-state index in [9.17, 15) is 9.00 Å². The van der Waals surface area contributed by atoms with Gasteiger partial charge in [0.1, 0.15) is 0 Å². The maximum atomic E-state index is 10.4. The van der Waals surface area contributed by atoms with E-state index in [1.54, 1.807) is 6.92 Å². The first-order valence-corrected chi connectivity index (χ1v) is 4.28. The average molecular weight is 180 g/mol. The molecule has 0 aromatic heterocycles. The van der Waals surface area contributed by atoms with E-state index in [2.05, 4.69) is 4.72 Å². The van der Waals surface area contributed by atoms with Crippen LogP contribution in [0.5, 0.6) is 0 Å². The van der Waals surface area contributed by atoms with E-state index in [0.717, 1.165) is 0 Å². The van der Waals surface area contributed by atoms with Gasteiger partial charge in [0, 0.05) is 12.5 Å². The number of carbonyl (C=O) groups is 1. The zero-order chi connectivity index (χ0) is 8.85. The summed E-state index contributed by atoms with van der Waals surface area (Å²) in [6, 6.07) is 0. The van der Waals surface area contributed by atoms with Gasteiger partial charge in [0.2, 0.25) is 17.2 Å². The Kier molecular flexibility index (Phi) is 5.01. The van der Waals surface area contributed by atoms with E-state index in [-0.39, 0.29) is 5.92 Å². The Bertz CT molecular complexity index is 162. The lowest BCUT2D eigenvalue weighted by Crippen LogP contribution is -2.26. The highest BCUT2D eigenvalue weighted by molar-refractivity contribution is 7.77. The van der Waals surface area contributed by atoms with Crippen molar-refractivity contribution >= 4 is 17.2 Å². The molecule has 0 saturated carbocycles. The number of hydrogen-bond acceptors (Lipinski definition) is 2. The second kappa shape index (κ2) is 5.22. The Morgan fingerprint density at radius 3 is 2.73 bits per heavy atom. The Morgan fingerprint density at radius 2 is 2.36 bits per heavy atom. The molecule has 2 atom stereocenters. The van der Waals surface area contributed by atoms with Gasteiger partial charge < -0.3 is 5.73 Å². The fourth-order valence-electron chi connectivity index (χ4n) is 0.505. The summed E-state index contributed by atoms with van der Waals surface area (Å²) in [7, 11) is 0. The van der Waals surface area contributed by atoms with Crippen molar-refractivity contribution in [2.24, 2.45) is 11.7 Å². The number of nitrogens with two attached hydrogens (primary N) is 1. The van der Waals surface area contributed by atoms with Gasteiger partial charge in [0.25, 0.3) is 0 Å². The largest absolute Gasteiger partial charge is 0.369 e. The third-order valence-corrected chi connectivity index (χ3v) is 1.74. The van der Waals surface area contributed by atoms with Crippen LogP contribution < -0.4 is 10.5 Å². The molecule has 0 saturated heterocycles. The molecular weight excluding hydrogens is 168 g/mol. The summed E-state index contributed by atoms with van der Waals surface area (Å²) in [6.45, 7) is 1.98. The SMILES string of the molecule is CC(CCNS(=O)O)C(N)=O. The Hall–Kier alpha value is -0.460. The van der Waals surface area contributed by atoms with Crippen molar-refractivity contribution in [3.05, 3.63) is 0 Å². The molecule has 0 heterocycles. The van der Waals surface area contributed by atoms with Crippen LogP contribution in [-0.4, -0.2) is 21.2 Å². The third-order valence-electron chi connectivity index (χ3n) is 1.29. The highest BCUT2D eigenvalue weighted by atomic mass is 32.2. The molecule has 5 nitrogen and oxygen atoms in total. The lowest BCUT2D eigenvalue weighted by Gasteiger charge is -2.04. The van der Waals surface area contributed by atoms with Gasteiger partial charge in [-0.25, -0.2) is 8.93 Å². The lowest BCUT2D eigenvalue weighted by atomic mass is 10.1. The summed E-state index contributed by atoms with van der Waals surface area (Å²) < 4.78 is 20.5. The van der Waals surface area contributed by atoms with Crippen LogP contribution in [-0.2, 0) is 16.1 Å². The van der Waals surface area contributed by atoms with Gasteiger partial charge >= 0.3 is 0 Å². The Morgan fingerprint density at radius 1 is 1.82 bits per heavy atom. The molecule has 0 aliphatic heterocycles. The smallest absolute Gasteiger partial charge is 0.231 e.